The van der Waals surface area contributed by atoms with Crippen LogP contribution >= 0.6 is 0 Å². The van der Waals surface area contributed by atoms with Gasteiger partial charge >= 0.3 is 5.97 Å². The maximum atomic E-state index is 11.8. The Labute approximate surface area is 119 Å². The molecule has 0 unspecified atom stereocenters. The highest BCUT2D eigenvalue weighted by atomic mass is 16.5. The average Bonchev–Trinajstić information content (AvgIpc) is 2.43. The Balaban J connectivity index is 2.99. The summed E-state index contributed by atoms with van der Waals surface area (Å²) in [5.74, 6) is -0.445. The molecular formula is C14H21N3O3. The minimum Gasteiger partial charge on any atom is -0.465 e. The van der Waals surface area contributed by atoms with Crippen LogP contribution in [0.1, 0.15) is 17.3 Å². The van der Waals surface area contributed by atoms with Gasteiger partial charge in [-0.15, -0.1) is 0 Å². The summed E-state index contributed by atoms with van der Waals surface area (Å²) in [4.78, 5) is 26.6. The summed E-state index contributed by atoms with van der Waals surface area (Å²) in [6, 6.07) is 4.93. The van der Waals surface area contributed by atoms with Crippen molar-refractivity contribution in [2.75, 3.05) is 44.9 Å². The molecule has 20 heavy (non-hydrogen) atoms. The van der Waals surface area contributed by atoms with Gasteiger partial charge in [0.2, 0.25) is 5.91 Å². The second-order valence-electron chi connectivity index (χ2n) is 4.57. The molecule has 1 aromatic rings. The maximum Gasteiger partial charge on any atom is 0.337 e. The topological polar surface area (TPSA) is 75.9 Å². The van der Waals surface area contributed by atoms with E-state index in [0.29, 0.717) is 17.8 Å². The van der Waals surface area contributed by atoms with Crippen LogP contribution in [0.4, 0.5) is 11.4 Å². The van der Waals surface area contributed by atoms with Crippen molar-refractivity contribution in [1.29, 1.82) is 0 Å². The molecule has 0 aliphatic carbocycles. The van der Waals surface area contributed by atoms with Gasteiger partial charge in [0.05, 0.1) is 30.6 Å². The number of amides is 1. The molecular weight excluding hydrogens is 258 g/mol. The molecule has 1 rings (SSSR count). The number of nitrogens with zero attached hydrogens (tertiary/aromatic N) is 2. The molecule has 0 aliphatic rings. The smallest absolute Gasteiger partial charge is 0.337 e. The number of nitrogen functional groups attached to an aromatic ring is 1. The fourth-order valence-corrected chi connectivity index (χ4v) is 1.76. The SMILES string of the molecule is CCN(CC(=O)N(C)C)c1ccc(C(=O)OC)cc1N. The Morgan fingerprint density at radius 3 is 2.40 bits per heavy atom. The first-order valence-corrected chi connectivity index (χ1v) is 6.33. The van der Waals surface area contributed by atoms with Crippen LogP contribution in [0.5, 0.6) is 0 Å². The van der Waals surface area contributed by atoms with Crippen molar-refractivity contribution in [2.45, 2.75) is 6.92 Å². The van der Waals surface area contributed by atoms with E-state index in [4.69, 9.17) is 5.73 Å². The second-order valence-corrected chi connectivity index (χ2v) is 4.57. The Morgan fingerprint density at radius 2 is 1.95 bits per heavy atom. The second kappa shape index (κ2) is 6.79. The molecule has 0 heterocycles. The molecule has 0 radical (unpaired) electrons. The van der Waals surface area contributed by atoms with Gasteiger partial charge in [0.15, 0.2) is 0 Å². The number of methoxy groups -OCH3 is 1. The minimum atomic E-state index is -0.435. The van der Waals surface area contributed by atoms with Gasteiger partial charge in [-0.1, -0.05) is 0 Å². The number of carbonyl (C=O) groups is 2. The molecule has 6 nitrogen and oxygen atoms in total. The number of hydrogen-bond acceptors (Lipinski definition) is 5. The van der Waals surface area contributed by atoms with Gasteiger partial charge in [-0.05, 0) is 25.1 Å². The number of benzene rings is 1. The highest BCUT2D eigenvalue weighted by Crippen LogP contribution is 2.24. The quantitative estimate of drug-likeness (QED) is 0.642. The van der Waals surface area contributed by atoms with E-state index in [2.05, 4.69) is 4.74 Å². The summed E-state index contributed by atoms with van der Waals surface area (Å²) in [6.07, 6.45) is 0. The van der Waals surface area contributed by atoms with Crippen LogP contribution < -0.4 is 10.6 Å². The molecule has 0 atom stereocenters. The summed E-state index contributed by atoms with van der Waals surface area (Å²) < 4.78 is 4.65. The number of ether oxygens (including phenoxy) is 1. The van der Waals surface area contributed by atoms with Crippen molar-refractivity contribution >= 4 is 23.3 Å². The van der Waals surface area contributed by atoms with E-state index < -0.39 is 5.97 Å². The molecule has 0 fully saturated rings. The molecule has 0 bridgehead atoms. The largest absolute Gasteiger partial charge is 0.465 e. The van der Waals surface area contributed by atoms with Crippen molar-refractivity contribution in [1.82, 2.24) is 4.90 Å². The van der Waals surface area contributed by atoms with Gasteiger partial charge in [-0.2, -0.15) is 0 Å². The predicted molar refractivity (Wildman–Crippen MR) is 78.8 cm³/mol. The molecule has 1 aromatic carbocycles. The molecule has 6 heteroatoms. The number of anilines is 2. The fourth-order valence-electron chi connectivity index (χ4n) is 1.76. The van der Waals surface area contributed by atoms with Gasteiger partial charge in [0.1, 0.15) is 0 Å². The molecule has 1 amide bonds. The average molecular weight is 279 g/mol. The number of esters is 1. The van der Waals surface area contributed by atoms with E-state index in [1.54, 1.807) is 32.3 Å². The van der Waals surface area contributed by atoms with Crippen molar-refractivity contribution < 1.29 is 14.3 Å². The van der Waals surface area contributed by atoms with E-state index in [1.807, 2.05) is 11.8 Å². The third-order valence-corrected chi connectivity index (χ3v) is 3.00. The van der Waals surface area contributed by atoms with E-state index >= 15 is 0 Å². The molecule has 2 N–H and O–H groups in total. The molecule has 0 saturated carbocycles. The fraction of sp³-hybridized carbons (Fsp3) is 0.429. The normalized spacial score (nSPS) is 10.0. The molecule has 0 aliphatic heterocycles. The lowest BCUT2D eigenvalue weighted by atomic mass is 10.1. The summed E-state index contributed by atoms with van der Waals surface area (Å²) >= 11 is 0. The molecule has 0 aromatic heterocycles. The van der Waals surface area contributed by atoms with Crippen molar-refractivity contribution in [3.8, 4) is 0 Å². The van der Waals surface area contributed by atoms with Gasteiger partial charge in [-0.25, -0.2) is 4.79 Å². The van der Waals surface area contributed by atoms with Crippen molar-refractivity contribution in [2.24, 2.45) is 0 Å². The van der Waals surface area contributed by atoms with Crippen LogP contribution in [0.25, 0.3) is 0 Å². The number of likely N-dealkylation sites (N-methyl/N-ethyl adjacent to an activating group) is 2. The lowest BCUT2D eigenvalue weighted by Gasteiger charge is -2.25. The van der Waals surface area contributed by atoms with Gasteiger partial charge < -0.3 is 20.3 Å². The van der Waals surface area contributed by atoms with Gasteiger partial charge in [-0.3, -0.25) is 4.79 Å². The first-order chi connectivity index (χ1) is 9.40. The Morgan fingerprint density at radius 1 is 1.30 bits per heavy atom. The van der Waals surface area contributed by atoms with Crippen molar-refractivity contribution in [3.63, 3.8) is 0 Å². The third-order valence-electron chi connectivity index (χ3n) is 3.00. The van der Waals surface area contributed by atoms with Crippen LogP contribution in [0.3, 0.4) is 0 Å². The summed E-state index contributed by atoms with van der Waals surface area (Å²) in [5.41, 5.74) is 7.54. The summed E-state index contributed by atoms with van der Waals surface area (Å²) in [6.45, 7) is 2.82. The Kier molecular flexibility index (Phi) is 5.37. The lowest BCUT2D eigenvalue weighted by molar-refractivity contribution is -0.127. The van der Waals surface area contributed by atoms with Crippen molar-refractivity contribution in [3.05, 3.63) is 23.8 Å². The summed E-state index contributed by atoms with van der Waals surface area (Å²) in [7, 11) is 4.74. The molecule has 0 spiro atoms. The van der Waals surface area contributed by atoms with Crippen LogP contribution in [-0.4, -0.2) is 51.1 Å². The zero-order valence-electron chi connectivity index (χ0n) is 12.3. The van der Waals surface area contributed by atoms with E-state index in [9.17, 15) is 9.59 Å². The number of nitrogens with two attached hydrogens (primary N) is 1. The number of hydrogen-bond donors (Lipinski definition) is 1. The van der Waals surface area contributed by atoms with Crippen LogP contribution in [0.2, 0.25) is 0 Å². The number of carbonyl (C=O) groups excluding carboxylic acids is 2. The van der Waals surface area contributed by atoms with Gasteiger partial charge in [0, 0.05) is 20.6 Å². The third kappa shape index (κ3) is 3.63. The van der Waals surface area contributed by atoms with E-state index in [-0.39, 0.29) is 12.5 Å². The standard InChI is InChI=1S/C14H21N3O3/c1-5-17(9-13(18)16(2)3)12-7-6-10(8-11(12)15)14(19)20-4/h6-8H,5,9,15H2,1-4H3. The van der Waals surface area contributed by atoms with E-state index in [1.165, 1.54) is 12.0 Å². The monoisotopic (exact) mass is 279 g/mol. The zero-order valence-corrected chi connectivity index (χ0v) is 12.3. The Bertz CT molecular complexity index is 500. The summed E-state index contributed by atoms with van der Waals surface area (Å²) in [5, 5.41) is 0. The predicted octanol–water partition coefficient (Wildman–Crippen LogP) is 0.970. The molecule has 110 valence electrons. The first kappa shape index (κ1) is 15.8. The Hall–Kier alpha value is -2.24. The highest BCUT2D eigenvalue weighted by Gasteiger charge is 2.15. The number of rotatable bonds is 5. The van der Waals surface area contributed by atoms with Crippen LogP contribution in [0.15, 0.2) is 18.2 Å². The van der Waals surface area contributed by atoms with Crippen LogP contribution in [-0.2, 0) is 9.53 Å². The zero-order chi connectivity index (χ0) is 15.3. The lowest BCUT2D eigenvalue weighted by Crippen LogP contribution is -2.36. The first-order valence-electron chi connectivity index (χ1n) is 6.33. The van der Waals surface area contributed by atoms with E-state index in [0.717, 1.165) is 5.69 Å². The maximum absolute atomic E-state index is 11.8. The van der Waals surface area contributed by atoms with Gasteiger partial charge in [0.25, 0.3) is 0 Å². The van der Waals surface area contributed by atoms with Crippen LogP contribution in [0, 0.1) is 0 Å². The highest BCUT2D eigenvalue weighted by molar-refractivity contribution is 5.92. The minimum absolute atomic E-state index is 0.0108. The molecule has 0 saturated heterocycles.